The lowest BCUT2D eigenvalue weighted by Gasteiger charge is -2.33. The summed E-state index contributed by atoms with van der Waals surface area (Å²) in [6.07, 6.45) is 3.37. The van der Waals surface area contributed by atoms with Crippen LogP contribution in [0.1, 0.15) is 19.3 Å². The van der Waals surface area contributed by atoms with Gasteiger partial charge in [0.15, 0.2) is 0 Å². The molecule has 0 bridgehead atoms. The Morgan fingerprint density at radius 2 is 1.37 bits per heavy atom. The van der Waals surface area contributed by atoms with Crippen molar-refractivity contribution in [2.24, 2.45) is 0 Å². The van der Waals surface area contributed by atoms with E-state index in [1.54, 1.807) is 0 Å². The number of anilines is 3. The zero-order valence-corrected chi connectivity index (χ0v) is 17.4. The summed E-state index contributed by atoms with van der Waals surface area (Å²) in [6.45, 7) is 4.33. The average molecular weight is 404 g/mol. The molecule has 1 fully saturated rings. The molecule has 0 radical (unpaired) electrons. The summed E-state index contributed by atoms with van der Waals surface area (Å²) in [4.78, 5) is 4.97. The highest BCUT2D eigenvalue weighted by Crippen LogP contribution is 2.25. The van der Waals surface area contributed by atoms with Gasteiger partial charge in [-0.25, -0.2) is 4.39 Å². The third-order valence-corrected chi connectivity index (χ3v) is 5.79. The van der Waals surface area contributed by atoms with Crippen molar-refractivity contribution in [3.63, 3.8) is 0 Å². The van der Waals surface area contributed by atoms with Crippen LogP contribution in [-0.4, -0.2) is 37.1 Å². The minimum absolute atomic E-state index is 0.185. The van der Waals surface area contributed by atoms with Crippen molar-refractivity contribution in [2.75, 3.05) is 36.4 Å². The number of rotatable bonds is 8. The van der Waals surface area contributed by atoms with Crippen molar-refractivity contribution in [3.05, 3.63) is 90.7 Å². The summed E-state index contributed by atoms with van der Waals surface area (Å²) >= 11 is 0. The zero-order valence-electron chi connectivity index (χ0n) is 17.4. The Labute approximate surface area is 179 Å². The SMILES string of the molecule is Fc1ccc(NC2CCN(CCCN(c3ccccc3)c3ccccc3)CC2)cc1. The number of halogens is 1. The first-order valence-electron chi connectivity index (χ1n) is 10.9. The van der Waals surface area contributed by atoms with Gasteiger partial charge >= 0.3 is 0 Å². The molecule has 3 nitrogen and oxygen atoms in total. The Hall–Kier alpha value is -2.85. The summed E-state index contributed by atoms with van der Waals surface area (Å²) in [6, 6.07) is 28.4. The first kappa shape index (κ1) is 20.4. The molecule has 0 amide bonds. The number of hydrogen-bond acceptors (Lipinski definition) is 3. The summed E-state index contributed by atoms with van der Waals surface area (Å²) in [5.41, 5.74) is 3.49. The van der Waals surface area contributed by atoms with Gasteiger partial charge in [0, 0.05) is 42.7 Å². The molecule has 0 aromatic heterocycles. The lowest BCUT2D eigenvalue weighted by Crippen LogP contribution is -2.40. The van der Waals surface area contributed by atoms with E-state index in [1.165, 1.54) is 23.5 Å². The van der Waals surface area contributed by atoms with E-state index in [2.05, 4.69) is 75.8 Å². The van der Waals surface area contributed by atoms with Gasteiger partial charge in [-0.1, -0.05) is 36.4 Å². The molecule has 0 spiro atoms. The van der Waals surface area contributed by atoms with Crippen molar-refractivity contribution >= 4 is 17.1 Å². The molecule has 4 rings (SSSR count). The van der Waals surface area contributed by atoms with E-state index in [0.717, 1.165) is 51.1 Å². The number of piperidine rings is 1. The van der Waals surface area contributed by atoms with Crippen molar-refractivity contribution in [1.29, 1.82) is 0 Å². The van der Waals surface area contributed by atoms with E-state index in [1.807, 2.05) is 12.1 Å². The maximum Gasteiger partial charge on any atom is 0.123 e. The van der Waals surface area contributed by atoms with Gasteiger partial charge < -0.3 is 15.1 Å². The fourth-order valence-corrected chi connectivity index (χ4v) is 4.16. The average Bonchev–Trinajstić information content (AvgIpc) is 2.80. The van der Waals surface area contributed by atoms with Gasteiger partial charge in [0.2, 0.25) is 0 Å². The van der Waals surface area contributed by atoms with Crippen molar-refractivity contribution in [2.45, 2.75) is 25.3 Å². The van der Waals surface area contributed by atoms with Gasteiger partial charge in [-0.15, -0.1) is 0 Å². The highest BCUT2D eigenvalue weighted by Gasteiger charge is 2.19. The minimum Gasteiger partial charge on any atom is -0.382 e. The first-order valence-corrected chi connectivity index (χ1v) is 10.9. The summed E-state index contributed by atoms with van der Waals surface area (Å²) in [5.74, 6) is -0.185. The predicted molar refractivity (Wildman–Crippen MR) is 124 cm³/mol. The lowest BCUT2D eigenvalue weighted by atomic mass is 10.0. The van der Waals surface area contributed by atoms with Crippen molar-refractivity contribution in [3.8, 4) is 0 Å². The first-order chi connectivity index (χ1) is 14.8. The molecular weight excluding hydrogens is 373 g/mol. The van der Waals surface area contributed by atoms with Crippen molar-refractivity contribution in [1.82, 2.24) is 4.90 Å². The topological polar surface area (TPSA) is 18.5 Å². The smallest absolute Gasteiger partial charge is 0.123 e. The number of nitrogens with one attached hydrogen (secondary N) is 1. The molecular formula is C26H30FN3. The molecule has 0 saturated carbocycles. The molecule has 1 aliphatic rings. The van der Waals surface area contributed by atoms with E-state index < -0.39 is 0 Å². The van der Waals surface area contributed by atoms with Crippen LogP contribution in [0.15, 0.2) is 84.9 Å². The molecule has 4 heteroatoms. The molecule has 3 aromatic rings. The second-order valence-corrected chi connectivity index (χ2v) is 7.94. The molecule has 30 heavy (non-hydrogen) atoms. The lowest BCUT2D eigenvalue weighted by molar-refractivity contribution is 0.218. The molecule has 1 aliphatic heterocycles. The van der Waals surface area contributed by atoms with Crippen LogP contribution in [0, 0.1) is 5.82 Å². The highest BCUT2D eigenvalue weighted by atomic mass is 19.1. The number of para-hydroxylation sites is 2. The molecule has 0 aliphatic carbocycles. The molecule has 3 aromatic carbocycles. The van der Waals surface area contributed by atoms with Crippen LogP contribution < -0.4 is 10.2 Å². The summed E-state index contributed by atoms with van der Waals surface area (Å²) in [7, 11) is 0. The third kappa shape index (κ3) is 5.61. The second kappa shape index (κ2) is 10.3. The number of nitrogens with zero attached hydrogens (tertiary/aromatic N) is 2. The fourth-order valence-electron chi connectivity index (χ4n) is 4.16. The van der Waals surface area contributed by atoms with E-state index >= 15 is 0 Å². The quantitative estimate of drug-likeness (QED) is 0.503. The monoisotopic (exact) mass is 403 g/mol. The Kier molecular flexibility index (Phi) is 6.99. The maximum atomic E-state index is 13.1. The van der Waals surface area contributed by atoms with E-state index in [0.29, 0.717) is 6.04 Å². The van der Waals surface area contributed by atoms with Crippen LogP contribution in [0.25, 0.3) is 0 Å². The van der Waals surface area contributed by atoms with E-state index in [9.17, 15) is 4.39 Å². The normalized spacial score (nSPS) is 15.1. The van der Waals surface area contributed by atoms with Crippen LogP contribution in [0.2, 0.25) is 0 Å². The highest BCUT2D eigenvalue weighted by molar-refractivity contribution is 5.62. The van der Waals surface area contributed by atoms with Crippen LogP contribution in [0.3, 0.4) is 0 Å². The second-order valence-electron chi connectivity index (χ2n) is 7.94. The molecule has 1 saturated heterocycles. The summed E-state index contributed by atoms with van der Waals surface area (Å²) < 4.78 is 13.1. The standard InChI is InChI=1S/C26H30FN3/c27-22-12-14-23(15-13-22)28-24-16-20-29(21-17-24)18-7-19-30(25-8-3-1-4-9-25)26-10-5-2-6-11-26/h1-6,8-15,24,28H,7,16-21H2. The Bertz CT molecular complexity index is 836. The zero-order chi connectivity index (χ0) is 20.6. The number of likely N-dealkylation sites (tertiary alicyclic amines) is 1. The number of benzene rings is 3. The van der Waals surface area contributed by atoms with Gasteiger partial charge in [0.25, 0.3) is 0 Å². The Morgan fingerprint density at radius 3 is 1.93 bits per heavy atom. The van der Waals surface area contributed by atoms with Crippen LogP contribution >= 0.6 is 0 Å². The molecule has 0 unspecified atom stereocenters. The Balaban J connectivity index is 1.26. The fraction of sp³-hybridized carbons (Fsp3) is 0.308. The van der Waals surface area contributed by atoms with Gasteiger partial charge in [-0.2, -0.15) is 0 Å². The van der Waals surface area contributed by atoms with Gasteiger partial charge in [0.05, 0.1) is 0 Å². The maximum absolute atomic E-state index is 13.1. The van der Waals surface area contributed by atoms with Crippen molar-refractivity contribution < 1.29 is 4.39 Å². The molecule has 0 atom stereocenters. The largest absolute Gasteiger partial charge is 0.382 e. The number of hydrogen-bond donors (Lipinski definition) is 1. The minimum atomic E-state index is -0.185. The third-order valence-electron chi connectivity index (χ3n) is 5.79. The molecule has 1 heterocycles. The van der Waals surface area contributed by atoms with E-state index in [4.69, 9.17) is 0 Å². The van der Waals surface area contributed by atoms with Crippen LogP contribution in [0.5, 0.6) is 0 Å². The Morgan fingerprint density at radius 1 is 0.800 bits per heavy atom. The van der Waals surface area contributed by atoms with Gasteiger partial charge in [0.1, 0.15) is 5.82 Å². The van der Waals surface area contributed by atoms with Gasteiger partial charge in [-0.05, 0) is 74.3 Å². The van der Waals surface area contributed by atoms with Gasteiger partial charge in [-0.3, -0.25) is 0 Å². The van der Waals surface area contributed by atoms with Crippen LogP contribution in [0.4, 0.5) is 21.5 Å². The van der Waals surface area contributed by atoms with Crippen LogP contribution in [-0.2, 0) is 0 Å². The molecule has 1 N–H and O–H groups in total. The molecule has 156 valence electrons. The summed E-state index contributed by atoms with van der Waals surface area (Å²) in [5, 5.41) is 3.54. The predicted octanol–water partition coefficient (Wildman–Crippen LogP) is 5.93. The van der Waals surface area contributed by atoms with E-state index in [-0.39, 0.29) is 5.82 Å².